The second-order valence-corrected chi connectivity index (χ2v) is 9.32. The number of hydrogen-bond donors (Lipinski definition) is 1. The van der Waals surface area contributed by atoms with Crippen molar-refractivity contribution in [2.75, 3.05) is 24.0 Å². The predicted octanol–water partition coefficient (Wildman–Crippen LogP) is 3.49. The molecule has 32 heavy (non-hydrogen) atoms. The first-order chi connectivity index (χ1) is 15.4. The Morgan fingerprint density at radius 2 is 1.75 bits per heavy atom. The lowest BCUT2D eigenvalue weighted by molar-refractivity contribution is -0.127. The predicted molar refractivity (Wildman–Crippen MR) is 122 cm³/mol. The molecule has 9 heteroatoms. The van der Waals surface area contributed by atoms with Gasteiger partial charge < -0.3 is 14.8 Å². The number of anilines is 1. The summed E-state index contributed by atoms with van der Waals surface area (Å²) >= 11 is 6.10. The highest BCUT2D eigenvalue weighted by molar-refractivity contribution is 7.92. The van der Waals surface area contributed by atoms with E-state index >= 15 is 0 Å². The van der Waals surface area contributed by atoms with E-state index in [0.717, 1.165) is 4.31 Å². The number of nitrogens with one attached hydrogen (secondary N) is 1. The maximum Gasteiger partial charge on any atom is 0.264 e. The Morgan fingerprint density at radius 3 is 2.47 bits per heavy atom. The van der Waals surface area contributed by atoms with E-state index in [0.29, 0.717) is 10.8 Å². The normalized spacial score (nSPS) is 15.4. The Kier molecular flexibility index (Phi) is 6.53. The summed E-state index contributed by atoms with van der Waals surface area (Å²) in [4.78, 5) is 12.9. The summed E-state index contributed by atoms with van der Waals surface area (Å²) in [5.74, 6) is 0.526. The number of carbonyl (C=O) groups excluding carboxylic acids is 1. The molecule has 1 aliphatic rings. The van der Waals surface area contributed by atoms with Crippen LogP contribution in [0.15, 0.2) is 83.8 Å². The van der Waals surface area contributed by atoms with Crippen LogP contribution in [0, 0.1) is 0 Å². The molecule has 0 saturated heterocycles. The maximum atomic E-state index is 13.3. The van der Waals surface area contributed by atoms with Crippen LogP contribution in [0.4, 0.5) is 5.69 Å². The number of para-hydroxylation sites is 1. The fraction of sp³-hybridized carbons (Fsp3) is 0.174. The zero-order chi connectivity index (χ0) is 22.6. The van der Waals surface area contributed by atoms with Crippen LogP contribution in [0.25, 0.3) is 0 Å². The summed E-state index contributed by atoms with van der Waals surface area (Å²) in [5, 5.41) is 3.10. The molecule has 0 unspecified atom stereocenters. The molecule has 0 bridgehead atoms. The highest BCUT2D eigenvalue weighted by Crippen LogP contribution is 2.38. The van der Waals surface area contributed by atoms with E-state index in [2.05, 4.69) is 5.32 Å². The second-order valence-electron chi connectivity index (χ2n) is 7.02. The van der Waals surface area contributed by atoms with Gasteiger partial charge >= 0.3 is 0 Å². The van der Waals surface area contributed by atoms with E-state index in [1.54, 1.807) is 30.3 Å². The number of nitrogens with zero attached hydrogens (tertiary/aromatic N) is 1. The van der Waals surface area contributed by atoms with Crippen LogP contribution in [-0.4, -0.2) is 40.1 Å². The van der Waals surface area contributed by atoms with Gasteiger partial charge in [0.25, 0.3) is 15.9 Å². The van der Waals surface area contributed by atoms with Crippen molar-refractivity contribution < 1.29 is 22.7 Å². The number of ether oxygens (including phenoxy) is 2. The molecule has 1 aliphatic heterocycles. The van der Waals surface area contributed by atoms with Gasteiger partial charge in [0.2, 0.25) is 0 Å². The van der Waals surface area contributed by atoms with Gasteiger partial charge in [0.05, 0.1) is 23.7 Å². The van der Waals surface area contributed by atoms with Crippen molar-refractivity contribution >= 4 is 33.2 Å². The quantitative estimate of drug-likeness (QED) is 0.532. The topological polar surface area (TPSA) is 84.9 Å². The van der Waals surface area contributed by atoms with Crippen molar-refractivity contribution in [1.82, 2.24) is 5.32 Å². The van der Waals surface area contributed by atoms with Crippen LogP contribution < -0.4 is 19.1 Å². The van der Waals surface area contributed by atoms with E-state index < -0.39 is 22.0 Å². The van der Waals surface area contributed by atoms with Crippen LogP contribution in [0.1, 0.15) is 0 Å². The molecule has 4 rings (SSSR count). The molecule has 0 aliphatic carbocycles. The molecule has 0 saturated carbocycles. The van der Waals surface area contributed by atoms with Crippen molar-refractivity contribution in [2.45, 2.75) is 11.0 Å². The third-order valence-electron chi connectivity index (χ3n) is 4.83. The molecule has 1 N–H and O–H groups in total. The van der Waals surface area contributed by atoms with Crippen molar-refractivity contribution in [3.63, 3.8) is 0 Å². The van der Waals surface area contributed by atoms with Crippen molar-refractivity contribution in [3.05, 3.63) is 83.9 Å². The molecule has 1 atom stereocenters. The molecule has 1 amide bonds. The van der Waals surface area contributed by atoms with Gasteiger partial charge in [0.15, 0.2) is 6.10 Å². The van der Waals surface area contributed by atoms with Gasteiger partial charge in [-0.2, -0.15) is 0 Å². The Bertz CT molecular complexity index is 1190. The van der Waals surface area contributed by atoms with Gasteiger partial charge in [-0.3, -0.25) is 9.10 Å². The molecule has 0 radical (unpaired) electrons. The molecule has 1 heterocycles. The van der Waals surface area contributed by atoms with E-state index in [-0.39, 0.29) is 36.0 Å². The number of amides is 1. The third-order valence-corrected chi connectivity index (χ3v) is 6.86. The number of benzene rings is 3. The smallest absolute Gasteiger partial charge is 0.264 e. The lowest BCUT2D eigenvalue weighted by atomic mass is 10.2. The first-order valence-corrected chi connectivity index (χ1v) is 11.8. The molecule has 3 aromatic carbocycles. The van der Waals surface area contributed by atoms with Gasteiger partial charge in [-0.1, -0.05) is 48.0 Å². The average molecular weight is 473 g/mol. The number of hydrogen-bond acceptors (Lipinski definition) is 5. The lowest BCUT2D eigenvalue weighted by Gasteiger charge is -2.34. The first kappa shape index (κ1) is 22.0. The number of fused-ring (bicyclic) bond motifs is 1. The van der Waals surface area contributed by atoms with E-state index in [1.807, 2.05) is 30.3 Å². The number of halogens is 1. The zero-order valence-electron chi connectivity index (χ0n) is 17.0. The Hall–Kier alpha value is -3.23. The largest absolute Gasteiger partial charge is 0.492 e. The highest BCUT2D eigenvalue weighted by atomic mass is 35.5. The highest BCUT2D eigenvalue weighted by Gasteiger charge is 2.37. The SMILES string of the molecule is O=C(NCCOc1ccccc1)[C@H]1CN(S(=O)(=O)c2ccccc2)c2cc(Cl)ccc2O1. The molecule has 0 spiro atoms. The zero-order valence-corrected chi connectivity index (χ0v) is 18.6. The van der Waals surface area contributed by atoms with Crippen molar-refractivity contribution in [1.29, 1.82) is 0 Å². The minimum atomic E-state index is -3.93. The minimum Gasteiger partial charge on any atom is -0.492 e. The molecular formula is C23H21ClN2O5S. The van der Waals surface area contributed by atoms with Crippen LogP contribution >= 0.6 is 11.6 Å². The summed E-state index contributed by atoms with van der Waals surface area (Å²) in [6.07, 6.45) is -1.03. The summed E-state index contributed by atoms with van der Waals surface area (Å²) in [6, 6.07) is 21.9. The monoisotopic (exact) mass is 472 g/mol. The fourth-order valence-corrected chi connectivity index (χ4v) is 4.94. The summed E-state index contributed by atoms with van der Waals surface area (Å²) < 4.78 is 39.2. The number of carbonyl (C=O) groups is 1. The van der Waals surface area contributed by atoms with Crippen LogP contribution in [0.3, 0.4) is 0 Å². The maximum absolute atomic E-state index is 13.3. The van der Waals surface area contributed by atoms with Crippen LogP contribution in [-0.2, 0) is 14.8 Å². The molecule has 0 aromatic heterocycles. The lowest BCUT2D eigenvalue weighted by Crippen LogP contribution is -2.51. The summed E-state index contributed by atoms with van der Waals surface area (Å²) in [7, 11) is -3.93. The van der Waals surface area contributed by atoms with Gasteiger partial charge in [-0.05, 0) is 42.5 Å². The van der Waals surface area contributed by atoms with Gasteiger partial charge in [-0.25, -0.2) is 8.42 Å². The van der Waals surface area contributed by atoms with E-state index in [4.69, 9.17) is 21.1 Å². The Morgan fingerprint density at radius 1 is 1.06 bits per heavy atom. The standard InChI is InChI=1S/C23H21ClN2O5S/c24-17-11-12-21-20(15-17)26(32(28,29)19-9-5-2-6-10-19)16-22(31-21)23(27)25-13-14-30-18-7-3-1-4-8-18/h1-12,15,22H,13-14,16H2,(H,25,27)/t22-/m1/s1. The van der Waals surface area contributed by atoms with Gasteiger partial charge in [-0.15, -0.1) is 0 Å². The number of sulfonamides is 1. The van der Waals surface area contributed by atoms with E-state index in [1.165, 1.54) is 18.2 Å². The molecule has 3 aromatic rings. The fourth-order valence-electron chi connectivity index (χ4n) is 3.28. The third kappa shape index (κ3) is 4.81. The number of rotatable bonds is 7. The van der Waals surface area contributed by atoms with Crippen LogP contribution in [0.5, 0.6) is 11.5 Å². The molecular weight excluding hydrogens is 452 g/mol. The van der Waals surface area contributed by atoms with Gasteiger partial charge in [0, 0.05) is 5.02 Å². The molecule has 7 nitrogen and oxygen atoms in total. The Balaban J connectivity index is 1.50. The average Bonchev–Trinajstić information content (AvgIpc) is 2.82. The second kappa shape index (κ2) is 9.50. The van der Waals surface area contributed by atoms with Crippen molar-refractivity contribution in [2.24, 2.45) is 0 Å². The van der Waals surface area contributed by atoms with Gasteiger partial charge in [0.1, 0.15) is 18.1 Å². The molecule has 0 fully saturated rings. The molecule has 166 valence electrons. The first-order valence-electron chi connectivity index (χ1n) is 9.95. The summed E-state index contributed by atoms with van der Waals surface area (Å²) in [6.45, 7) is 0.323. The van der Waals surface area contributed by atoms with Crippen molar-refractivity contribution in [3.8, 4) is 11.5 Å². The van der Waals surface area contributed by atoms with E-state index in [9.17, 15) is 13.2 Å². The van der Waals surface area contributed by atoms with Crippen LogP contribution in [0.2, 0.25) is 5.02 Å². The Labute approximate surface area is 191 Å². The summed E-state index contributed by atoms with van der Waals surface area (Å²) in [5.41, 5.74) is 0.290. The minimum absolute atomic E-state index is 0.114.